The molecule has 0 aliphatic carbocycles. The number of nitrogens with one attached hydrogen (secondary N) is 1. The van der Waals surface area contributed by atoms with E-state index in [0.29, 0.717) is 5.75 Å². The van der Waals surface area contributed by atoms with Gasteiger partial charge in [-0.05, 0) is 24.3 Å². The van der Waals surface area contributed by atoms with Gasteiger partial charge in [-0.1, -0.05) is 12.1 Å². The van der Waals surface area contributed by atoms with Crippen LogP contribution in [-0.2, 0) is 14.8 Å². The molecule has 0 fully saturated rings. The van der Waals surface area contributed by atoms with Gasteiger partial charge >= 0.3 is 5.97 Å². The predicted molar refractivity (Wildman–Crippen MR) is 88.1 cm³/mol. The van der Waals surface area contributed by atoms with Crippen LogP contribution in [-0.4, -0.2) is 35.7 Å². The van der Waals surface area contributed by atoms with Crippen molar-refractivity contribution in [1.29, 1.82) is 0 Å². The average Bonchev–Trinajstić information content (AvgIpc) is 2.61. The van der Waals surface area contributed by atoms with Crippen LogP contribution in [0.3, 0.4) is 0 Å². The highest BCUT2D eigenvalue weighted by atomic mass is 32.2. The molecule has 24 heavy (non-hydrogen) atoms. The van der Waals surface area contributed by atoms with E-state index in [-0.39, 0.29) is 21.9 Å². The SMILES string of the molecule is COC(=O)c1ccccc1S(=O)(=O)Nc1ccc(OC)cc1OC. The lowest BCUT2D eigenvalue weighted by atomic mass is 10.2. The number of esters is 1. The van der Waals surface area contributed by atoms with Crippen molar-refractivity contribution in [1.82, 2.24) is 0 Å². The third-order valence-corrected chi connectivity index (χ3v) is 4.66. The van der Waals surface area contributed by atoms with Crippen LogP contribution in [0.1, 0.15) is 10.4 Å². The molecule has 2 rings (SSSR count). The zero-order valence-electron chi connectivity index (χ0n) is 13.4. The van der Waals surface area contributed by atoms with Crippen LogP contribution in [0.4, 0.5) is 5.69 Å². The van der Waals surface area contributed by atoms with E-state index in [9.17, 15) is 13.2 Å². The molecule has 128 valence electrons. The Morgan fingerprint density at radius 1 is 1.00 bits per heavy atom. The van der Waals surface area contributed by atoms with E-state index in [0.717, 1.165) is 0 Å². The molecule has 0 amide bonds. The fourth-order valence-electron chi connectivity index (χ4n) is 2.06. The van der Waals surface area contributed by atoms with Crippen LogP contribution >= 0.6 is 0 Å². The van der Waals surface area contributed by atoms with Gasteiger partial charge in [0, 0.05) is 6.07 Å². The topological polar surface area (TPSA) is 90.9 Å². The number of carbonyl (C=O) groups is 1. The highest BCUT2D eigenvalue weighted by Crippen LogP contribution is 2.31. The minimum absolute atomic E-state index is 0.0556. The van der Waals surface area contributed by atoms with Gasteiger partial charge in [-0.15, -0.1) is 0 Å². The van der Waals surface area contributed by atoms with Crippen molar-refractivity contribution < 1.29 is 27.4 Å². The third kappa shape index (κ3) is 3.60. The van der Waals surface area contributed by atoms with Crippen LogP contribution in [0, 0.1) is 0 Å². The monoisotopic (exact) mass is 351 g/mol. The summed E-state index contributed by atoms with van der Waals surface area (Å²) in [7, 11) is 0.0662. The van der Waals surface area contributed by atoms with Gasteiger partial charge in [0.15, 0.2) is 0 Å². The van der Waals surface area contributed by atoms with Gasteiger partial charge in [-0.2, -0.15) is 0 Å². The zero-order chi connectivity index (χ0) is 17.7. The van der Waals surface area contributed by atoms with Gasteiger partial charge in [0.25, 0.3) is 10.0 Å². The summed E-state index contributed by atoms with van der Waals surface area (Å²) in [6, 6.07) is 10.4. The average molecular weight is 351 g/mol. The Kier molecular flexibility index (Phi) is 5.30. The van der Waals surface area contributed by atoms with E-state index >= 15 is 0 Å². The predicted octanol–water partition coefficient (Wildman–Crippen LogP) is 2.29. The highest BCUT2D eigenvalue weighted by molar-refractivity contribution is 7.92. The molecule has 0 radical (unpaired) electrons. The molecule has 0 aliphatic heterocycles. The first-order valence-electron chi connectivity index (χ1n) is 6.85. The quantitative estimate of drug-likeness (QED) is 0.803. The second kappa shape index (κ2) is 7.22. The number of rotatable bonds is 6. The summed E-state index contributed by atoms with van der Waals surface area (Å²) < 4.78 is 42.6. The summed E-state index contributed by atoms with van der Waals surface area (Å²) in [6.45, 7) is 0. The lowest BCUT2D eigenvalue weighted by Gasteiger charge is -2.14. The first kappa shape index (κ1) is 17.6. The maximum Gasteiger partial charge on any atom is 0.339 e. The maximum absolute atomic E-state index is 12.7. The molecule has 8 heteroatoms. The Labute approximate surface area is 140 Å². The summed E-state index contributed by atoms with van der Waals surface area (Å²) in [5, 5.41) is 0. The van der Waals surface area contributed by atoms with Crippen LogP contribution in [0.5, 0.6) is 11.5 Å². The van der Waals surface area contributed by atoms with Crippen LogP contribution in [0.2, 0.25) is 0 Å². The number of hydrogen-bond donors (Lipinski definition) is 1. The molecule has 2 aromatic carbocycles. The molecule has 0 unspecified atom stereocenters. The van der Waals surface area contributed by atoms with Crippen molar-refractivity contribution in [3.8, 4) is 11.5 Å². The zero-order valence-corrected chi connectivity index (χ0v) is 14.2. The fourth-order valence-corrected chi connectivity index (χ4v) is 3.33. The molecular formula is C16H17NO6S. The van der Waals surface area contributed by atoms with Gasteiger partial charge < -0.3 is 14.2 Å². The Hall–Kier alpha value is -2.74. The number of hydrogen-bond acceptors (Lipinski definition) is 6. The van der Waals surface area contributed by atoms with Gasteiger partial charge in [0.2, 0.25) is 0 Å². The summed E-state index contributed by atoms with van der Waals surface area (Å²) in [4.78, 5) is 11.6. The third-order valence-electron chi connectivity index (χ3n) is 3.23. The van der Waals surface area contributed by atoms with Crippen molar-refractivity contribution in [3.63, 3.8) is 0 Å². The van der Waals surface area contributed by atoms with E-state index in [1.54, 1.807) is 18.2 Å². The van der Waals surface area contributed by atoms with Crippen molar-refractivity contribution in [2.75, 3.05) is 26.1 Å². The molecule has 0 aromatic heterocycles. The molecule has 0 atom stereocenters. The second-order valence-electron chi connectivity index (χ2n) is 4.66. The smallest absolute Gasteiger partial charge is 0.339 e. The van der Waals surface area contributed by atoms with E-state index in [2.05, 4.69) is 9.46 Å². The highest BCUT2D eigenvalue weighted by Gasteiger charge is 2.23. The van der Waals surface area contributed by atoms with Gasteiger partial charge in [0.05, 0.1) is 32.6 Å². The standard InChI is InChI=1S/C16H17NO6S/c1-21-11-8-9-13(14(10-11)22-2)17-24(19,20)15-7-5-4-6-12(15)16(18)23-3/h4-10,17H,1-3H3. The molecule has 0 aliphatic rings. The Morgan fingerprint density at radius 3 is 2.33 bits per heavy atom. The van der Waals surface area contributed by atoms with E-state index in [1.807, 2.05) is 0 Å². The summed E-state index contributed by atoms with van der Waals surface area (Å²) in [5.74, 6) is 0.0657. The van der Waals surface area contributed by atoms with Crippen LogP contribution in [0.25, 0.3) is 0 Å². The molecule has 0 spiro atoms. The number of carbonyl (C=O) groups excluding carboxylic acids is 1. The minimum Gasteiger partial charge on any atom is -0.497 e. The molecule has 2 aromatic rings. The summed E-state index contributed by atoms with van der Waals surface area (Å²) in [5.41, 5.74) is 0.165. The lowest BCUT2D eigenvalue weighted by Crippen LogP contribution is -2.18. The Balaban J connectivity index is 2.45. The Bertz CT molecular complexity index is 847. The number of sulfonamides is 1. The number of methoxy groups -OCH3 is 3. The molecule has 0 saturated heterocycles. The lowest BCUT2D eigenvalue weighted by molar-refractivity contribution is 0.0596. The molecule has 0 bridgehead atoms. The summed E-state index contributed by atoms with van der Waals surface area (Å²) in [6.07, 6.45) is 0. The minimum atomic E-state index is -4.02. The van der Waals surface area contributed by atoms with Crippen LogP contribution < -0.4 is 14.2 Å². The van der Waals surface area contributed by atoms with Crippen molar-refractivity contribution in [2.24, 2.45) is 0 Å². The van der Waals surface area contributed by atoms with E-state index in [4.69, 9.17) is 9.47 Å². The largest absolute Gasteiger partial charge is 0.497 e. The number of anilines is 1. The van der Waals surface area contributed by atoms with Gasteiger partial charge in [0.1, 0.15) is 16.4 Å². The Morgan fingerprint density at radius 2 is 1.71 bits per heavy atom. The van der Waals surface area contributed by atoms with E-state index < -0.39 is 16.0 Å². The molecule has 0 heterocycles. The van der Waals surface area contributed by atoms with Crippen molar-refractivity contribution >= 4 is 21.7 Å². The van der Waals surface area contributed by atoms with E-state index in [1.165, 1.54) is 45.6 Å². The number of ether oxygens (including phenoxy) is 3. The molecule has 1 N–H and O–H groups in total. The molecular weight excluding hydrogens is 334 g/mol. The first-order chi connectivity index (χ1) is 11.4. The van der Waals surface area contributed by atoms with Crippen molar-refractivity contribution in [2.45, 2.75) is 4.90 Å². The second-order valence-corrected chi connectivity index (χ2v) is 6.31. The fraction of sp³-hybridized carbons (Fsp3) is 0.188. The molecule has 7 nitrogen and oxygen atoms in total. The number of benzene rings is 2. The summed E-state index contributed by atoms with van der Waals surface area (Å²) >= 11 is 0. The maximum atomic E-state index is 12.7. The normalized spacial score (nSPS) is 10.8. The van der Waals surface area contributed by atoms with Crippen LogP contribution in [0.15, 0.2) is 47.4 Å². The molecule has 0 saturated carbocycles. The van der Waals surface area contributed by atoms with Gasteiger partial charge in [-0.25, -0.2) is 13.2 Å². The van der Waals surface area contributed by atoms with Gasteiger partial charge in [-0.3, -0.25) is 4.72 Å². The van der Waals surface area contributed by atoms with Crippen molar-refractivity contribution in [3.05, 3.63) is 48.0 Å². The first-order valence-corrected chi connectivity index (χ1v) is 8.33.